The van der Waals surface area contributed by atoms with Crippen LogP contribution in [0.3, 0.4) is 0 Å². The number of halogens is 4. The van der Waals surface area contributed by atoms with Crippen LogP contribution in [-0.4, -0.2) is 51.1 Å². The molecule has 198 valence electrons. The third-order valence-corrected chi connectivity index (χ3v) is 9.24. The standard InChI is InChI=1S/C20H20Cl3FN2O8S2/c1-9(7-16(27)28)25-36(33,34)19-13(22)5-4-12(18(19)23)17(20(29)30)10(2)26-35(31,32)15-8-11(21)3-6-14(15)24/h3-6,8-10,17,25-26H,7H2,1-2H3,(H,27,28)(H,29,30)/t9-,10?,17?/m0/s1. The molecule has 0 saturated heterocycles. The second kappa shape index (κ2) is 11.6. The van der Waals surface area contributed by atoms with Gasteiger partial charge in [0.2, 0.25) is 20.0 Å². The second-order valence-corrected chi connectivity index (χ2v) is 12.3. The molecule has 0 aliphatic heterocycles. The van der Waals surface area contributed by atoms with Crippen molar-refractivity contribution in [3.63, 3.8) is 0 Å². The van der Waals surface area contributed by atoms with Crippen LogP contribution in [-0.2, 0) is 29.6 Å². The third-order valence-electron chi connectivity index (χ3n) is 4.81. The van der Waals surface area contributed by atoms with Gasteiger partial charge < -0.3 is 10.2 Å². The van der Waals surface area contributed by atoms with Gasteiger partial charge in [0.15, 0.2) is 0 Å². The van der Waals surface area contributed by atoms with Crippen LogP contribution in [0.15, 0.2) is 40.1 Å². The van der Waals surface area contributed by atoms with Gasteiger partial charge in [0.05, 0.1) is 22.4 Å². The molecule has 0 aromatic heterocycles. The van der Waals surface area contributed by atoms with Crippen molar-refractivity contribution in [2.24, 2.45) is 0 Å². The van der Waals surface area contributed by atoms with Crippen LogP contribution in [0.4, 0.5) is 4.39 Å². The highest BCUT2D eigenvalue weighted by Crippen LogP contribution is 2.37. The SMILES string of the molecule is CC(NS(=O)(=O)c1cc(Cl)ccc1F)C(C(=O)O)c1ccc(Cl)c(S(=O)(=O)N[C@@H](C)CC(=O)O)c1Cl. The second-order valence-electron chi connectivity index (χ2n) is 7.70. The average molecular weight is 606 g/mol. The first-order valence-electron chi connectivity index (χ1n) is 9.90. The molecule has 2 aromatic carbocycles. The van der Waals surface area contributed by atoms with E-state index in [-0.39, 0.29) is 10.6 Å². The van der Waals surface area contributed by atoms with Crippen molar-refractivity contribution in [2.45, 2.75) is 48.1 Å². The summed E-state index contributed by atoms with van der Waals surface area (Å²) in [4.78, 5) is 21.5. The third kappa shape index (κ3) is 7.06. The van der Waals surface area contributed by atoms with Crippen molar-refractivity contribution < 1.29 is 41.0 Å². The molecule has 2 aromatic rings. The summed E-state index contributed by atoms with van der Waals surface area (Å²) in [6, 6.07) is 2.39. The van der Waals surface area contributed by atoms with Gasteiger partial charge in [-0.05, 0) is 43.7 Å². The zero-order valence-corrected chi connectivity index (χ0v) is 22.4. The van der Waals surface area contributed by atoms with Crippen molar-refractivity contribution in [3.8, 4) is 0 Å². The number of rotatable bonds is 11. The van der Waals surface area contributed by atoms with E-state index in [0.717, 1.165) is 37.3 Å². The average Bonchev–Trinajstić information content (AvgIpc) is 2.69. The van der Waals surface area contributed by atoms with Crippen LogP contribution < -0.4 is 9.44 Å². The maximum absolute atomic E-state index is 14.1. The lowest BCUT2D eigenvalue weighted by Gasteiger charge is -2.24. The first-order valence-corrected chi connectivity index (χ1v) is 14.0. The summed E-state index contributed by atoms with van der Waals surface area (Å²) in [6.45, 7) is 2.44. The van der Waals surface area contributed by atoms with Gasteiger partial charge >= 0.3 is 11.9 Å². The number of carboxylic acids is 2. The van der Waals surface area contributed by atoms with E-state index in [4.69, 9.17) is 39.9 Å². The van der Waals surface area contributed by atoms with E-state index in [1.54, 1.807) is 0 Å². The molecule has 2 rings (SSSR count). The normalized spacial score (nSPS) is 14.7. The number of aliphatic carboxylic acids is 2. The van der Waals surface area contributed by atoms with Crippen molar-refractivity contribution >= 4 is 66.8 Å². The van der Waals surface area contributed by atoms with Gasteiger partial charge in [0, 0.05) is 17.1 Å². The van der Waals surface area contributed by atoms with E-state index in [9.17, 15) is 35.9 Å². The van der Waals surface area contributed by atoms with Crippen LogP contribution >= 0.6 is 34.8 Å². The number of nitrogens with one attached hydrogen (secondary N) is 2. The Morgan fingerprint density at radius 1 is 0.972 bits per heavy atom. The van der Waals surface area contributed by atoms with Crippen molar-refractivity contribution in [2.75, 3.05) is 0 Å². The molecule has 3 atom stereocenters. The highest BCUT2D eigenvalue weighted by atomic mass is 35.5. The Kier molecular flexibility index (Phi) is 9.73. The number of sulfonamides is 2. The van der Waals surface area contributed by atoms with Gasteiger partial charge in [0.25, 0.3) is 0 Å². The van der Waals surface area contributed by atoms with Gasteiger partial charge in [0.1, 0.15) is 15.6 Å². The van der Waals surface area contributed by atoms with Gasteiger partial charge in [-0.25, -0.2) is 30.7 Å². The number of hydrogen-bond donors (Lipinski definition) is 4. The molecule has 0 fully saturated rings. The molecule has 0 bridgehead atoms. The van der Waals surface area contributed by atoms with Crippen LogP contribution in [0.1, 0.15) is 31.7 Å². The highest BCUT2D eigenvalue weighted by Gasteiger charge is 2.36. The molecule has 4 N–H and O–H groups in total. The minimum atomic E-state index is -4.61. The Balaban J connectivity index is 2.53. The number of carbonyl (C=O) groups is 2. The molecule has 36 heavy (non-hydrogen) atoms. The lowest BCUT2D eigenvalue weighted by atomic mass is 9.93. The lowest BCUT2D eigenvalue weighted by molar-refractivity contribution is -0.139. The predicted octanol–water partition coefficient (Wildman–Crippen LogP) is 3.46. The Hall–Kier alpha value is -2.00. The quantitative estimate of drug-likeness (QED) is 0.302. The molecule has 2 unspecified atom stereocenters. The van der Waals surface area contributed by atoms with E-state index in [1.165, 1.54) is 6.92 Å². The summed E-state index contributed by atoms with van der Waals surface area (Å²) >= 11 is 18.0. The molecule has 0 aliphatic carbocycles. The van der Waals surface area contributed by atoms with Crippen LogP contribution in [0.2, 0.25) is 15.1 Å². The molecule has 10 nitrogen and oxygen atoms in total. The summed E-state index contributed by atoms with van der Waals surface area (Å²) in [5.74, 6) is -5.75. The van der Waals surface area contributed by atoms with Gasteiger partial charge in [-0.15, -0.1) is 0 Å². The molecular weight excluding hydrogens is 586 g/mol. The molecule has 0 amide bonds. The summed E-state index contributed by atoms with van der Waals surface area (Å²) in [5, 5.41) is 17.6. The zero-order valence-electron chi connectivity index (χ0n) is 18.5. The van der Waals surface area contributed by atoms with Crippen LogP contribution in [0, 0.1) is 5.82 Å². The Bertz CT molecular complexity index is 1400. The lowest BCUT2D eigenvalue weighted by Crippen LogP contribution is -2.40. The first kappa shape index (κ1) is 30.2. The Morgan fingerprint density at radius 3 is 2.14 bits per heavy atom. The van der Waals surface area contributed by atoms with Crippen molar-refractivity contribution in [3.05, 3.63) is 56.8 Å². The van der Waals surface area contributed by atoms with E-state index < -0.39 is 82.1 Å². The fourth-order valence-electron chi connectivity index (χ4n) is 3.34. The largest absolute Gasteiger partial charge is 0.481 e. The maximum Gasteiger partial charge on any atom is 0.312 e. The molecule has 0 radical (unpaired) electrons. The van der Waals surface area contributed by atoms with Crippen LogP contribution in [0.25, 0.3) is 0 Å². The Morgan fingerprint density at radius 2 is 1.58 bits per heavy atom. The van der Waals surface area contributed by atoms with E-state index in [2.05, 4.69) is 4.72 Å². The van der Waals surface area contributed by atoms with E-state index >= 15 is 0 Å². The molecule has 0 spiro atoms. The number of hydrogen-bond acceptors (Lipinski definition) is 6. The Labute approximate surface area is 221 Å². The minimum absolute atomic E-state index is 0.0839. The topological polar surface area (TPSA) is 167 Å². The van der Waals surface area contributed by atoms with Gasteiger partial charge in [-0.1, -0.05) is 40.9 Å². The van der Waals surface area contributed by atoms with Crippen molar-refractivity contribution in [1.29, 1.82) is 0 Å². The monoisotopic (exact) mass is 604 g/mol. The molecular formula is C20H20Cl3FN2O8S2. The summed E-state index contributed by atoms with van der Waals surface area (Å²) < 4.78 is 69.5. The zero-order chi connectivity index (χ0) is 27.6. The van der Waals surface area contributed by atoms with Crippen molar-refractivity contribution in [1.82, 2.24) is 9.44 Å². The predicted molar refractivity (Wildman–Crippen MR) is 130 cm³/mol. The number of carboxylic acid groups (broad SMARTS) is 2. The molecule has 16 heteroatoms. The fourth-order valence-corrected chi connectivity index (χ4v) is 7.44. The van der Waals surface area contributed by atoms with Gasteiger partial charge in [-0.3, -0.25) is 9.59 Å². The summed E-state index contributed by atoms with van der Waals surface area (Å²) in [5.41, 5.74) is -0.318. The maximum atomic E-state index is 14.1. The fraction of sp³-hybridized carbons (Fsp3) is 0.300. The first-order chi connectivity index (χ1) is 16.5. The smallest absolute Gasteiger partial charge is 0.312 e. The molecule has 0 heterocycles. The summed E-state index contributed by atoms with van der Waals surface area (Å²) in [6.07, 6.45) is -0.565. The van der Waals surface area contributed by atoms with Gasteiger partial charge in [-0.2, -0.15) is 0 Å². The summed E-state index contributed by atoms with van der Waals surface area (Å²) in [7, 11) is -9.15. The molecule has 0 aliphatic rings. The molecule has 0 saturated carbocycles. The number of benzene rings is 2. The minimum Gasteiger partial charge on any atom is -0.481 e. The van der Waals surface area contributed by atoms with E-state index in [0.29, 0.717) is 0 Å². The van der Waals surface area contributed by atoms with E-state index in [1.807, 2.05) is 4.72 Å². The van der Waals surface area contributed by atoms with Crippen LogP contribution in [0.5, 0.6) is 0 Å². The highest BCUT2D eigenvalue weighted by molar-refractivity contribution is 7.90.